The van der Waals surface area contributed by atoms with Crippen LogP contribution in [0.25, 0.3) is 22.3 Å². The lowest BCUT2D eigenvalue weighted by Crippen LogP contribution is -2.03. The molecule has 6 nitrogen and oxygen atoms in total. The highest BCUT2D eigenvalue weighted by Gasteiger charge is 2.15. The van der Waals surface area contributed by atoms with Crippen LogP contribution in [0.1, 0.15) is 10.4 Å². The Balaban J connectivity index is 2.24. The largest absolute Gasteiger partial charge is 0.502 e. The first-order valence-corrected chi connectivity index (χ1v) is 6.36. The van der Waals surface area contributed by atoms with Gasteiger partial charge >= 0.3 is 5.97 Å². The maximum atomic E-state index is 12.2. The fourth-order valence-electron chi connectivity index (χ4n) is 2.16. The van der Waals surface area contributed by atoms with Crippen LogP contribution >= 0.6 is 0 Å². The van der Waals surface area contributed by atoms with Crippen molar-refractivity contribution < 1.29 is 19.4 Å². The zero-order valence-corrected chi connectivity index (χ0v) is 11.2. The molecule has 2 aromatic carbocycles. The summed E-state index contributed by atoms with van der Waals surface area (Å²) < 4.78 is 5.56. The number of nitrogen functional groups attached to an aromatic ring is 1. The number of aromatic carboxylic acids is 1. The number of rotatable bonds is 2. The Morgan fingerprint density at radius 2 is 1.77 bits per heavy atom. The number of nitrogens with two attached hydrogens (primary N) is 1. The summed E-state index contributed by atoms with van der Waals surface area (Å²) in [7, 11) is 0. The lowest BCUT2D eigenvalue weighted by molar-refractivity contribution is 0.0697. The van der Waals surface area contributed by atoms with Crippen molar-refractivity contribution in [3.05, 3.63) is 58.3 Å². The monoisotopic (exact) mass is 297 g/mol. The molecule has 0 spiro atoms. The normalized spacial score (nSPS) is 10.7. The van der Waals surface area contributed by atoms with Crippen molar-refractivity contribution in [3.8, 4) is 17.1 Å². The van der Waals surface area contributed by atoms with Crippen molar-refractivity contribution in [2.45, 2.75) is 0 Å². The minimum Gasteiger partial charge on any atom is -0.502 e. The lowest BCUT2D eigenvalue weighted by Gasteiger charge is -2.06. The van der Waals surface area contributed by atoms with Crippen LogP contribution in [0.2, 0.25) is 0 Å². The summed E-state index contributed by atoms with van der Waals surface area (Å²) in [6, 6.07) is 10.2. The molecule has 0 atom stereocenters. The Labute approximate surface area is 124 Å². The third-order valence-electron chi connectivity index (χ3n) is 3.29. The van der Waals surface area contributed by atoms with E-state index in [1.165, 1.54) is 36.4 Å². The number of aromatic hydroxyl groups is 1. The molecule has 0 radical (unpaired) electrons. The third-order valence-corrected chi connectivity index (χ3v) is 3.29. The summed E-state index contributed by atoms with van der Waals surface area (Å²) in [5, 5.41) is 19.1. The molecule has 0 aliphatic carbocycles. The molecule has 110 valence electrons. The highest BCUT2D eigenvalue weighted by Crippen LogP contribution is 2.30. The number of fused-ring (bicyclic) bond motifs is 1. The van der Waals surface area contributed by atoms with Gasteiger partial charge in [-0.2, -0.15) is 0 Å². The molecule has 1 aromatic heterocycles. The van der Waals surface area contributed by atoms with E-state index in [1.807, 2.05) is 0 Å². The average Bonchev–Trinajstić information content (AvgIpc) is 2.51. The second-order valence-corrected chi connectivity index (χ2v) is 4.75. The van der Waals surface area contributed by atoms with Crippen LogP contribution in [-0.2, 0) is 0 Å². The zero-order valence-electron chi connectivity index (χ0n) is 11.2. The van der Waals surface area contributed by atoms with Gasteiger partial charge in [0.15, 0.2) is 5.76 Å². The van der Waals surface area contributed by atoms with Gasteiger partial charge in [0.25, 0.3) is 0 Å². The van der Waals surface area contributed by atoms with Gasteiger partial charge in [-0.05, 0) is 24.3 Å². The quantitative estimate of drug-likeness (QED) is 0.626. The number of benzene rings is 2. The highest BCUT2D eigenvalue weighted by molar-refractivity contribution is 5.89. The van der Waals surface area contributed by atoms with E-state index in [9.17, 15) is 14.7 Å². The molecule has 0 amide bonds. The summed E-state index contributed by atoms with van der Waals surface area (Å²) in [5.41, 5.74) is 6.25. The van der Waals surface area contributed by atoms with E-state index in [-0.39, 0.29) is 22.3 Å². The van der Waals surface area contributed by atoms with Gasteiger partial charge in [-0.25, -0.2) is 4.79 Å². The van der Waals surface area contributed by atoms with Crippen LogP contribution in [0.4, 0.5) is 5.69 Å². The summed E-state index contributed by atoms with van der Waals surface area (Å²) >= 11 is 0. The molecule has 3 rings (SSSR count). The van der Waals surface area contributed by atoms with Gasteiger partial charge < -0.3 is 20.4 Å². The van der Waals surface area contributed by atoms with Crippen molar-refractivity contribution in [2.24, 2.45) is 0 Å². The van der Waals surface area contributed by atoms with E-state index in [1.54, 1.807) is 6.07 Å². The summed E-state index contributed by atoms with van der Waals surface area (Å²) in [6.07, 6.45) is 0. The van der Waals surface area contributed by atoms with Crippen LogP contribution in [0.3, 0.4) is 0 Å². The Bertz CT molecular complexity index is 941. The van der Waals surface area contributed by atoms with Gasteiger partial charge in [-0.3, -0.25) is 4.79 Å². The number of carboxylic acids is 1. The van der Waals surface area contributed by atoms with E-state index < -0.39 is 17.1 Å². The first-order valence-electron chi connectivity index (χ1n) is 6.36. The van der Waals surface area contributed by atoms with Gasteiger partial charge in [-0.15, -0.1) is 0 Å². The molecule has 0 saturated carbocycles. The number of hydrogen-bond acceptors (Lipinski definition) is 5. The average molecular weight is 297 g/mol. The van der Waals surface area contributed by atoms with Gasteiger partial charge in [0.05, 0.1) is 10.9 Å². The first-order chi connectivity index (χ1) is 10.5. The fourth-order valence-corrected chi connectivity index (χ4v) is 2.16. The molecule has 0 saturated heterocycles. The van der Waals surface area contributed by atoms with Crippen molar-refractivity contribution in [1.29, 1.82) is 0 Å². The van der Waals surface area contributed by atoms with E-state index >= 15 is 0 Å². The molecular formula is C16H11NO5. The van der Waals surface area contributed by atoms with E-state index in [2.05, 4.69) is 0 Å². The molecule has 4 N–H and O–H groups in total. The molecule has 0 fully saturated rings. The molecule has 3 aromatic rings. The predicted octanol–water partition coefficient (Wildman–Crippen LogP) is 2.45. The van der Waals surface area contributed by atoms with Gasteiger partial charge in [-0.1, -0.05) is 12.1 Å². The minimum absolute atomic E-state index is 0.0277. The third kappa shape index (κ3) is 2.16. The summed E-state index contributed by atoms with van der Waals surface area (Å²) in [5.74, 6) is -1.62. The summed E-state index contributed by atoms with van der Waals surface area (Å²) in [4.78, 5) is 23.0. The number of carboxylic acid groups (broad SMARTS) is 1. The van der Waals surface area contributed by atoms with E-state index in [0.717, 1.165) is 0 Å². The standard InChI is InChI=1S/C16H11NO5/c17-10-5-6-11-12(7-10)22-15(14(19)13(11)18)8-1-3-9(4-2-8)16(20)21/h1-7,19H,17H2,(H,20,21). The number of carbonyl (C=O) groups is 1. The van der Waals surface area contributed by atoms with Crippen LogP contribution in [0, 0.1) is 0 Å². The van der Waals surface area contributed by atoms with Gasteiger partial charge in [0, 0.05) is 17.3 Å². The maximum absolute atomic E-state index is 12.2. The maximum Gasteiger partial charge on any atom is 0.335 e. The van der Waals surface area contributed by atoms with Gasteiger partial charge in [0.1, 0.15) is 5.58 Å². The van der Waals surface area contributed by atoms with Crippen LogP contribution < -0.4 is 11.2 Å². The Kier molecular flexibility index (Phi) is 3.06. The first kappa shape index (κ1) is 13.7. The fraction of sp³-hybridized carbons (Fsp3) is 0. The number of hydrogen-bond donors (Lipinski definition) is 3. The molecule has 6 heteroatoms. The molecule has 0 aliphatic rings. The molecule has 0 bridgehead atoms. The van der Waals surface area contributed by atoms with E-state index in [4.69, 9.17) is 15.3 Å². The Morgan fingerprint density at radius 3 is 2.41 bits per heavy atom. The van der Waals surface area contributed by atoms with Gasteiger partial charge in [0.2, 0.25) is 11.2 Å². The molecule has 22 heavy (non-hydrogen) atoms. The van der Waals surface area contributed by atoms with Crippen LogP contribution in [0.5, 0.6) is 5.75 Å². The zero-order chi connectivity index (χ0) is 15.9. The Morgan fingerprint density at radius 1 is 1.09 bits per heavy atom. The Hall–Kier alpha value is -3.28. The van der Waals surface area contributed by atoms with Crippen LogP contribution in [-0.4, -0.2) is 16.2 Å². The van der Waals surface area contributed by atoms with Crippen molar-refractivity contribution in [2.75, 3.05) is 5.73 Å². The molecule has 1 heterocycles. The highest BCUT2D eigenvalue weighted by atomic mass is 16.4. The molecular weight excluding hydrogens is 286 g/mol. The SMILES string of the molecule is Nc1ccc2c(=O)c(O)c(-c3ccc(C(=O)O)cc3)oc2c1. The van der Waals surface area contributed by atoms with Crippen molar-refractivity contribution >= 4 is 22.6 Å². The topological polar surface area (TPSA) is 114 Å². The lowest BCUT2D eigenvalue weighted by atomic mass is 10.1. The van der Waals surface area contributed by atoms with Crippen molar-refractivity contribution in [1.82, 2.24) is 0 Å². The number of anilines is 1. The van der Waals surface area contributed by atoms with Crippen molar-refractivity contribution in [3.63, 3.8) is 0 Å². The minimum atomic E-state index is -1.07. The predicted molar refractivity (Wildman–Crippen MR) is 81.0 cm³/mol. The smallest absolute Gasteiger partial charge is 0.335 e. The molecule has 0 unspecified atom stereocenters. The second-order valence-electron chi connectivity index (χ2n) is 4.75. The van der Waals surface area contributed by atoms with Crippen LogP contribution in [0.15, 0.2) is 51.7 Å². The summed E-state index contributed by atoms with van der Waals surface area (Å²) in [6.45, 7) is 0. The molecule has 0 aliphatic heterocycles. The second kappa shape index (κ2) is 4.92. The van der Waals surface area contributed by atoms with E-state index in [0.29, 0.717) is 11.3 Å².